The summed E-state index contributed by atoms with van der Waals surface area (Å²) in [4.78, 5) is 37.8. The molecule has 0 radical (unpaired) electrons. The number of methoxy groups -OCH3 is 1. The van der Waals surface area contributed by atoms with Crippen molar-refractivity contribution < 1.29 is 23.5 Å². The second kappa shape index (κ2) is 11.5. The predicted octanol–water partition coefficient (Wildman–Crippen LogP) is 4.18. The van der Waals surface area contributed by atoms with E-state index >= 15 is 0 Å². The molecule has 3 amide bonds. The molecule has 0 saturated heterocycles. The topological polar surface area (TPSA) is 123 Å². The lowest BCUT2D eigenvalue weighted by Gasteiger charge is -2.24. The molecule has 0 fully saturated rings. The number of hydrogen-bond acceptors (Lipinski definition) is 5. The molecule has 2 rings (SSSR count). The number of anilines is 2. The number of para-hydroxylation sites is 1. The van der Waals surface area contributed by atoms with E-state index in [1.165, 1.54) is 20.1 Å². The first-order chi connectivity index (χ1) is 15.9. The summed E-state index contributed by atoms with van der Waals surface area (Å²) in [6.45, 7) is 4.95. The molecule has 0 heterocycles. The van der Waals surface area contributed by atoms with Gasteiger partial charge in [-0.15, -0.1) is 0 Å². The third-order valence-electron chi connectivity index (χ3n) is 4.71. The monoisotopic (exact) mass is 490 g/mol. The maximum absolute atomic E-state index is 13.6. The molecule has 0 unspecified atom stereocenters. The molecular formula is C24H28ClFN4O4. The number of carbonyl (C=O) groups excluding carboxylic acids is 3. The first-order valence-corrected chi connectivity index (χ1v) is 10.7. The summed E-state index contributed by atoms with van der Waals surface area (Å²) in [5.74, 6) is -2.03. The molecule has 0 aromatic heterocycles. The molecule has 10 heteroatoms. The van der Waals surface area contributed by atoms with Crippen LogP contribution in [-0.2, 0) is 14.4 Å². The van der Waals surface area contributed by atoms with E-state index in [9.17, 15) is 18.8 Å². The second-order valence-corrected chi connectivity index (χ2v) is 8.87. The van der Waals surface area contributed by atoms with Gasteiger partial charge in [-0.3, -0.25) is 14.4 Å². The van der Waals surface area contributed by atoms with Crippen molar-refractivity contribution in [3.05, 3.63) is 64.7 Å². The Balaban J connectivity index is 2.01. The first kappa shape index (κ1) is 26.7. The number of allylic oxidation sites excluding steroid dienone is 1. The standard InChI is InChI=1S/C24H28ClFN4O4/c1-14(27)22(23(33)28-15-8-6-5-7-9-15)30-21(32)13-24(2,3)12-20(31)29-18-10-16(25)17(26)11-19(18)34-4/h5-11H,12-13,27H2,1-4H3,(H,28,33)(H,29,31)(H,30,32)/b22-14+. The highest BCUT2D eigenvalue weighted by molar-refractivity contribution is 6.31. The fraction of sp³-hybridized carbons (Fsp3) is 0.292. The summed E-state index contributed by atoms with van der Waals surface area (Å²) >= 11 is 5.80. The van der Waals surface area contributed by atoms with E-state index < -0.39 is 29.0 Å². The summed E-state index contributed by atoms with van der Waals surface area (Å²) in [7, 11) is 1.34. The molecule has 2 aromatic rings. The van der Waals surface area contributed by atoms with E-state index in [4.69, 9.17) is 22.1 Å². The minimum atomic E-state index is -0.783. The predicted molar refractivity (Wildman–Crippen MR) is 130 cm³/mol. The van der Waals surface area contributed by atoms with Gasteiger partial charge < -0.3 is 26.4 Å². The van der Waals surface area contributed by atoms with Crippen molar-refractivity contribution in [2.24, 2.45) is 11.1 Å². The van der Waals surface area contributed by atoms with E-state index in [2.05, 4.69) is 16.0 Å². The van der Waals surface area contributed by atoms with Crippen molar-refractivity contribution in [2.45, 2.75) is 33.6 Å². The van der Waals surface area contributed by atoms with Crippen LogP contribution in [0.3, 0.4) is 0 Å². The number of benzene rings is 2. The summed E-state index contributed by atoms with van der Waals surface area (Å²) in [6, 6.07) is 11.1. The van der Waals surface area contributed by atoms with E-state index in [0.717, 1.165) is 6.07 Å². The van der Waals surface area contributed by atoms with Crippen molar-refractivity contribution in [1.29, 1.82) is 0 Å². The zero-order chi connectivity index (χ0) is 25.5. The van der Waals surface area contributed by atoms with Crippen LogP contribution in [0.1, 0.15) is 33.6 Å². The van der Waals surface area contributed by atoms with Crippen LogP contribution in [-0.4, -0.2) is 24.8 Å². The molecule has 0 aliphatic rings. The van der Waals surface area contributed by atoms with Crippen LogP contribution in [0.5, 0.6) is 5.75 Å². The first-order valence-electron chi connectivity index (χ1n) is 10.4. The number of carbonyl (C=O) groups is 3. The van der Waals surface area contributed by atoms with Crippen LogP contribution < -0.4 is 26.4 Å². The Labute approximate surface area is 202 Å². The highest BCUT2D eigenvalue weighted by Crippen LogP contribution is 2.32. The van der Waals surface area contributed by atoms with E-state index in [1.54, 1.807) is 44.2 Å². The van der Waals surface area contributed by atoms with Crippen molar-refractivity contribution in [3.8, 4) is 5.75 Å². The normalized spacial score (nSPS) is 11.8. The SMILES string of the molecule is COc1cc(F)c(Cl)cc1NC(=O)CC(C)(C)CC(=O)N/C(C(=O)Nc1ccccc1)=C(\C)N. The van der Waals surface area contributed by atoms with Gasteiger partial charge >= 0.3 is 0 Å². The highest BCUT2D eigenvalue weighted by atomic mass is 35.5. The molecule has 0 aliphatic carbocycles. The van der Waals surface area contributed by atoms with Gasteiger partial charge in [0.15, 0.2) is 0 Å². The third-order valence-corrected chi connectivity index (χ3v) is 5.00. The van der Waals surface area contributed by atoms with Crippen molar-refractivity contribution in [3.63, 3.8) is 0 Å². The number of nitrogens with two attached hydrogens (primary N) is 1. The smallest absolute Gasteiger partial charge is 0.273 e. The minimum Gasteiger partial charge on any atom is -0.494 e. The average Bonchev–Trinajstić information content (AvgIpc) is 2.74. The van der Waals surface area contributed by atoms with Crippen LogP contribution in [0.2, 0.25) is 5.02 Å². The van der Waals surface area contributed by atoms with E-state index in [-0.39, 0.29) is 40.7 Å². The van der Waals surface area contributed by atoms with Crippen molar-refractivity contribution >= 4 is 40.7 Å². The molecule has 2 aromatic carbocycles. The summed E-state index contributed by atoms with van der Waals surface area (Å²) in [5, 5.41) is 7.66. The quantitative estimate of drug-likeness (QED) is 0.393. The zero-order valence-corrected chi connectivity index (χ0v) is 20.2. The van der Waals surface area contributed by atoms with Crippen molar-refractivity contribution in [2.75, 3.05) is 17.7 Å². The molecule has 0 spiro atoms. The minimum absolute atomic E-state index is 0.0462. The Hall–Kier alpha value is -3.59. The molecule has 0 aliphatic heterocycles. The van der Waals surface area contributed by atoms with Crippen LogP contribution in [0.4, 0.5) is 15.8 Å². The Kier molecular flexibility index (Phi) is 9.03. The summed E-state index contributed by atoms with van der Waals surface area (Å²) in [6.07, 6.45) is -0.118. The molecule has 8 nitrogen and oxygen atoms in total. The van der Waals surface area contributed by atoms with E-state index in [0.29, 0.717) is 5.69 Å². The fourth-order valence-electron chi connectivity index (χ4n) is 3.15. The van der Waals surface area contributed by atoms with Gasteiger partial charge in [0.25, 0.3) is 5.91 Å². The number of halogens is 2. The largest absolute Gasteiger partial charge is 0.494 e. The molecule has 182 valence electrons. The maximum Gasteiger partial charge on any atom is 0.273 e. The lowest BCUT2D eigenvalue weighted by atomic mass is 9.85. The van der Waals surface area contributed by atoms with Crippen LogP contribution in [0.15, 0.2) is 53.9 Å². The lowest BCUT2D eigenvalue weighted by Crippen LogP contribution is -2.36. The van der Waals surface area contributed by atoms with Gasteiger partial charge in [-0.1, -0.05) is 43.6 Å². The molecular weight excluding hydrogens is 463 g/mol. The maximum atomic E-state index is 13.6. The van der Waals surface area contributed by atoms with Gasteiger partial charge in [-0.25, -0.2) is 4.39 Å². The zero-order valence-electron chi connectivity index (χ0n) is 19.4. The Bertz CT molecular complexity index is 1100. The van der Waals surface area contributed by atoms with E-state index in [1.807, 2.05) is 0 Å². The van der Waals surface area contributed by atoms with Gasteiger partial charge in [0.2, 0.25) is 11.8 Å². The van der Waals surface area contributed by atoms with Gasteiger partial charge in [0.1, 0.15) is 17.3 Å². The molecule has 34 heavy (non-hydrogen) atoms. The van der Waals surface area contributed by atoms with Gasteiger partial charge in [0, 0.05) is 30.3 Å². The Morgan fingerprint density at radius 1 is 1.06 bits per heavy atom. The van der Waals surface area contributed by atoms with Crippen LogP contribution >= 0.6 is 11.6 Å². The highest BCUT2D eigenvalue weighted by Gasteiger charge is 2.27. The second-order valence-electron chi connectivity index (χ2n) is 8.46. The molecule has 0 bridgehead atoms. The van der Waals surface area contributed by atoms with Gasteiger partial charge in [-0.05, 0) is 30.5 Å². The molecule has 5 N–H and O–H groups in total. The Morgan fingerprint density at radius 2 is 1.68 bits per heavy atom. The number of hydrogen-bond donors (Lipinski definition) is 4. The number of ether oxygens (including phenoxy) is 1. The fourth-order valence-corrected chi connectivity index (χ4v) is 3.32. The van der Waals surface area contributed by atoms with Crippen LogP contribution in [0.25, 0.3) is 0 Å². The third kappa shape index (κ3) is 7.77. The number of rotatable bonds is 9. The number of amides is 3. The van der Waals surface area contributed by atoms with Crippen molar-refractivity contribution in [1.82, 2.24) is 5.32 Å². The Morgan fingerprint density at radius 3 is 2.26 bits per heavy atom. The number of nitrogens with one attached hydrogen (secondary N) is 3. The van der Waals surface area contributed by atoms with Gasteiger partial charge in [-0.2, -0.15) is 0 Å². The van der Waals surface area contributed by atoms with Crippen LogP contribution in [0, 0.1) is 11.2 Å². The lowest BCUT2D eigenvalue weighted by molar-refractivity contribution is -0.125. The average molecular weight is 491 g/mol. The van der Waals surface area contributed by atoms with Gasteiger partial charge in [0.05, 0.1) is 17.8 Å². The summed E-state index contributed by atoms with van der Waals surface area (Å²) in [5.41, 5.74) is 5.85. The summed E-state index contributed by atoms with van der Waals surface area (Å²) < 4.78 is 18.7. The molecule has 0 saturated carbocycles. The molecule has 0 atom stereocenters.